The molecule has 0 aliphatic heterocycles. The second-order valence-electron chi connectivity index (χ2n) is 19.2. The maximum absolute atomic E-state index is 7.33. The van der Waals surface area contributed by atoms with Gasteiger partial charge in [0, 0.05) is 28.3 Å². The summed E-state index contributed by atoms with van der Waals surface area (Å²) in [6.45, 7) is 9.40. The predicted molar refractivity (Wildman–Crippen MR) is 280 cm³/mol. The van der Waals surface area contributed by atoms with Crippen molar-refractivity contribution in [2.45, 2.75) is 44.6 Å². The molecule has 2 heteroatoms. The first kappa shape index (κ1) is 39.8. The van der Waals surface area contributed by atoms with Crippen LogP contribution >= 0.6 is 0 Å². The van der Waals surface area contributed by atoms with Gasteiger partial charge < -0.3 is 5.73 Å². The second-order valence-corrected chi connectivity index (χ2v) is 19.2. The first-order chi connectivity index (χ1) is 32.2. The lowest BCUT2D eigenvalue weighted by molar-refractivity contribution is 0.659. The molecule has 0 radical (unpaired) electrons. The van der Waals surface area contributed by atoms with E-state index < -0.39 is 0 Å². The zero-order valence-corrected chi connectivity index (χ0v) is 37.8. The Kier molecular flexibility index (Phi) is 9.12. The van der Waals surface area contributed by atoms with Crippen molar-refractivity contribution in [3.63, 3.8) is 0 Å². The van der Waals surface area contributed by atoms with E-state index in [0.29, 0.717) is 5.70 Å². The molecule has 2 aliphatic rings. The molecule has 1 unspecified atom stereocenters. The van der Waals surface area contributed by atoms with E-state index in [0.717, 1.165) is 27.5 Å². The van der Waals surface area contributed by atoms with Crippen molar-refractivity contribution in [1.82, 2.24) is 0 Å². The van der Waals surface area contributed by atoms with Crippen LogP contribution in [0.15, 0.2) is 211 Å². The van der Waals surface area contributed by atoms with Gasteiger partial charge in [0.2, 0.25) is 0 Å². The van der Waals surface area contributed by atoms with Crippen LogP contribution in [0.2, 0.25) is 0 Å². The summed E-state index contributed by atoms with van der Waals surface area (Å²) >= 11 is 0. The van der Waals surface area contributed by atoms with Crippen LogP contribution in [0.5, 0.6) is 0 Å². The Hall–Kier alpha value is -7.81. The lowest BCUT2D eigenvalue weighted by atomic mass is 9.81. The van der Waals surface area contributed by atoms with E-state index in [9.17, 15) is 0 Å². The monoisotopic (exact) mass is 846 g/mol. The van der Waals surface area contributed by atoms with Crippen LogP contribution < -0.4 is 5.73 Å². The number of rotatable bonds is 7. The first-order valence-corrected chi connectivity index (χ1v) is 23.2. The Bertz CT molecular complexity index is 3660. The van der Waals surface area contributed by atoms with Crippen molar-refractivity contribution in [3.05, 3.63) is 245 Å². The minimum atomic E-state index is -0.324. The average molecular weight is 847 g/mol. The Morgan fingerprint density at radius 2 is 1.00 bits per heavy atom. The first-order valence-electron chi connectivity index (χ1n) is 23.2. The summed E-state index contributed by atoms with van der Waals surface area (Å²) in [5.74, 6) is 0. The van der Waals surface area contributed by atoms with Crippen molar-refractivity contribution in [3.8, 4) is 44.5 Å². The molecule has 2 aliphatic carbocycles. The standard InChI is InChI=1S/C64H50N2/c1-63(2)55-27-15-14-25-52(55)62-54(26-16-28-56(62)63)60(66-39-40-17-6-5-7-18-40)38-59(65)51-35-34-50(47-23-12-13-24-48(47)51)49-33-32-43(45-21-10-11-22-46(45)49)42-29-31-53-58(37-42)64(3,4)57-36-30-41-19-8-9-20-44(41)61(53)57/h5-39,60H,65H2,1-4H3/b59-38-,66-39?. The van der Waals surface area contributed by atoms with Gasteiger partial charge in [0.15, 0.2) is 0 Å². The number of nitrogens with zero attached hydrogens (tertiary/aromatic N) is 1. The van der Waals surface area contributed by atoms with Gasteiger partial charge in [-0.25, -0.2) is 0 Å². The molecule has 12 rings (SSSR count). The van der Waals surface area contributed by atoms with Crippen LogP contribution in [0.4, 0.5) is 0 Å². The van der Waals surface area contributed by atoms with Gasteiger partial charge in [-0.3, -0.25) is 4.99 Å². The third-order valence-electron chi connectivity index (χ3n) is 14.8. The van der Waals surface area contributed by atoms with E-state index >= 15 is 0 Å². The summed E-state index contributed by atoms with van der Waals surface area (Å²) < 4.78 is 0. The summed E-state index contributed by atoms with van der Waals surface area (Å²) in [5.41, 5.74) is 26.5. The molecule has 0 amide bonds. The molecule has 0 heterocycles. The molecule has 1 atom stereocenters. The lowest BCUT2D eigenvalue weighted by Crippen LogP contribution is -2.15. The highest BCUT2D eigenvalue weighted by Crippen LogP contribution is 2.54. The van der Waals surface area contributed by atoms with Crippen molar-refractivity contribution < 1.29 is 0 Å². The van der Waals surface area contributed by atoms with E-state index in [1.807, 2.05) is 12.3 Å². The Morgan fingerprint density at radius 3 is 1.79 bits per heavy atom. The highest BCUT2D eigenvalue weighted by molar-refractivity contribution is 6.12. The molecule has 0 spiro atoms. The number of hydrogen-bond donors (Lipinski definition) is 1. The van der Waals surface area contributed by atoms with Crippen LogP contribution in [0.25, 0.3) is 82.5 Å². The number of benzene rings is 10. The molecule has 0 bridgehead atoms. The van der Waals surface area contributed by atoms with Crippen LogP contribution in [0, 0.1) is 0 Å². The molecule has 2 nitrogen and oxygen atoms in total. The number of nitrogens with two attached hydrogens (primary N) is 1. The van der Waals surface area contributed by atoms with E-state index in [1.165, 1.54) is 88.3 Å². The lowest BCUT2D eigenvalue weighted by Gasteiger charge is -2.22. The average Bonchev–Trinajstić information content (AvgIpc) is 3.74. The van der Waals surface area contributed by atoms with Gasteiger partial charge in [-0.05, 0) is 122 Å². The van der Waals surface area contributed by atoms with Crippen molar-refractivity contribution >= 4 is 44.2 Å². The SMILES string of the molecule is CC1(C)c2ccccc2-c2c(C(/C=C(\N)c3ccc(-c4ccc(-c5ccc6c(c5)C(C)(C)c5ccc7ccccc7c5-6)c5ccccc45)c4ccccc34)N=Cc3ccccc3)cccc21. The topological polar surface area (TPSA) is 38.4 Å². The van der Waals surface area contributed by atoms with E-state index in [2.05, 4.69) is 228 Å². The number of hydrogen-bond acceptors (Lipinski definition) is 2. The predicted octanol–water partition coefficient (Wildman–Crippen LogP) is 16.3. The minimum absolute atomic E-state index is 0.116. The number of aliphatic imine (C=N–C) groups is 1. The normalized spacial score (nSPS) is 14.9. The van der Waals surface area contributed by atoms with Crippen LogP contribution in [0.1, 0.15) is 72.7 Å². The molecule has 0 saturated heterocycles. The summed E-state index contributed by atoms with van der Waals surface area (Å²) in [5, 5.41) is 7.34. The minimum Gasteiger partial charge on any atom is -0.398 e. The fourth-order valence-corrected chi connectivity index (χ4v) is 11.5. The molecule has 66 heavy (non-hydrogen) atoms. The highest BCUT2D eigenvalue weighted by Gasteiger charge is 2.38. The van der Waals surface area contributed by atoms with Gasteiger partial charge in [0.05, 0.1) is 6.04 Å². The van der Waals surface area contributed by atoms with Gasteiger partial charge in [-0.1, -0.05) is 222 Å². The highest BCUT2D eigenvalue weighted by atomic mass is 14.8. The third-order valence-corrected chi connectivity index (χ3v) is 14.8. The van der Waals surface area contributed by atoms with Gasteiger partial charge >= 0.3 is 0 Å². The van der Waals surface area contributed by atoms with Crippen LogP contribution in [-0.2, 0) is 10.8 Å². The molecule has 10 aromatic carbocycles. The third kappa shape index (κ3) is 6.12. The van der Waals surface area contributed by atoms with Crippen molar-refractivity contribution in [2.75, 3.05) is 0 Å². The number of fused-ring (bicyclic) bond motifs is 10. The van der Waals surface area contributed by atoms with Crippen molar-refractivity contribution in [1.29, 1.82) is 0 Å². The molecule has 316 valence electrons. The van der Waals surface area contributed by atoms with Crippen LogP contribution in [-0.4, -0.2) is 6.21 Å². The van der Waals surface area contributed by atoms with Gasteiger partial charge in [-0.15, -0.1) is 0 Å². The summed E-state index contributed by atoms with van der Waals surface area (Å²) in [4.78, 5) is 5.31. The molecule has 2 N–H and O–H groups in total. The van der Waals surface area contributed by atoms with Gasteiger partial charge in [-0.2, -0.15) is 0 Å². The maximum atomic E-state index is 7.33. The molecule has 0 saturated carbocycles. The fraction of sp³-hybridized carbons (Fsp3) is 0.109. The zero-order chi connectivity index (χ0) is 44.7. The summed E-state index contributed by atoms with van der Waals surface area (Å²) in [7, 11) is 0. The van der Waals surface area contributed by atoms with Crippen molar-refractivity contribution in [2.24, 2.45) is 10.7 Å². The quantitative estimate of drug-likeness (QED) is 0.159. The Morgan fingerprint density at radius 1 is 0.439 bits per heavy atom. The van der Waals surface area contributed by atoms with E-state index in [1.54, 1.807) is 0 Å². The molecule has 0 aromatic heterocycles. The summed E-state index contributed by atoms with van der Waals surface area (Å²) in [6.07, 6.45) is 4.15. The molecular formula is C64H50N2. The van der Waals surface area contributed by atoms with Crippen LogP contribution in [0.3, 0.4) is 0 Å². The van der Waals surface area contributed by atoms with E-state index in [-0.39, 0.29) is 16.9 Å². The smallest absolute Gasteiger partial charge is 0.0959 e. The summed E-state index contributed by atoms with van der Waals surface area (Å²) in [6, 6.07) is 72.8. The largest absolute Gasteiger partial charge is 0.398 e. The zero-order valence-electron chi connectivity index (χ0n) is 37.8. The maximum Gasteiger partial charge on any atom is 0.0959 e. The Balaban J connectivity index is 0.963. The molecular weight excluding hydrogens is 797 g/mol. The second kappa shape index (κ2) is 15.1. The fourth-order valence-electron chi connectivity index (χ4n) is 11.5. The molecule has 0 fully saturated rings. The molecule has 10 aromatic rings. The van der Waals surface area contributed by atoms with Gasteiger partial charge in [0.25, 0.3) is 0 Å². The van der Waals surface area contributed by atoms with E-state index in [4.69, 9.17) is 10.7 Å². The van der Waals surface area contributed by atoms with Gasteiger partial charge in [0.1, 0.15) is 0 Å². The Labute approximate surface area is 387 Å².